The van der Waals surface area contributed by atoms with E-state index >= 15 is 0 Å². The predicted molar refractivity (Wildman–Crippen MR) is 103 cm³/mol. The maximum atomic E-state index is 13.4. The van der Waals surface area contributed by atoms with Crippen molar-refractivity contribution in [3.05, 3.63) is 35.9 Å². The Labute approximate surface area is 162 Å². The normalized spacial score (nSPS) is 26.0. The van der Waals surface area contributed by atoms with Gasteiger partial charge in [-0.15, -0.1) is 0 Å². The van der Waals surface area contributed by atoms with Gasteiger partial charge in [-0.05, 0) is 32.4 Å². The van der Waals surface area contributed by atoms with Crippen LogP contribution in [-0.4, -0.2) is 74.3 Å². The molecule has 2 atom stereocenters. The third-order valence-corrected chi connectivity index (χ3v) is 7.36. The van der Waals surface area contributed by atoms with Gasteiger partial charge in [-0.2, -0.15) is 17.0 Å². The summed E-state index contributed by atoms with van der Waals surface area (Å²) in [5, 5.41) is 0. The number of piperazine rings is 1. The summed E-state index contributed by atoms with van der Waals surface area (Å²) in [7, 11) is -1.64. The van der Waals surface area contributed by atoms with Gasteiger partial charge in [0.25, 0.3) is 10.2 Å². The average molecular weight is 396 g/mol. The molecule has 2 aliphatic heterocycles. The van der Waals surface area contributed by atoms with Crippen molar-refractivity contribution in [3.8, 4) is 0 Å². The van der Waals surface area contributed by atoms with E-state index in [9.17, 15) is 13.2 Å². The zero-order chi connectivity index (χ0) is 19.4. The number of hydrogen-bond acceptors (Lipinski definition) is 5. The van der Waals surface area contributed by atoms with Crippen molar-refractivity contribution >= 4 is 16.2 Å². The number of hydrogen-bond donors (Lipinski definition) is 0. The fraction of sp³-hybridized carbons (Fsp3) is 0.632. The number of esters is 1. The molecule has 2 fully saturated rings. The van der Waals surface area contributed by atoms with Gasteiger partial charge in [-0.1, -0.05) is 30.3 Å². The standard InChI is InChI=1S/C19H29N3O4S/c1-3-26-19(23)17-10-7-11-21(14-17)27(24,25)22-13-12-20(2)15-18(22)16-8-5-4-6-9-16/h4-6,8-9,17-18H,3,7,10-15H2,1-2H3/t17-,18-/m1/s1. The van der Waals surface area contributed by atoms with Crippen LogP contribution in [0.1, 0.15) is 31.4 Å². The molecule has 1 aromatic carbocycles. The van der Waals surface area contributed by atoms with Gasteiger partial charge in [0.2, 0.25) is 0 Å². The Kier molecular flexibility index (Phi) is 6.52. The van der Waals surface area contributed by atoms with E-state index in [1.54, 1.807) is 11.2 Å². The first-order valence-electron chi connectivity index (χ1n) is 9.60. The van der Waals surface area contributed by atoms with Crippen molar-refractivity contribution in [2.24, 2.45) is 5.92 Å². The smallest absolute Gasteiger partial charge is 0.310 e. The first kappa shape index (κ1) is 20.3. The largest absolute Gasteiger partial charge is 0.466 e. The second-order valence-corrected chi connectivity index (χ2v) is 9.14. The van der Waals surface area contributed by atoms with Gasteiger partial charge in [0.15, 0.2) is 0 Å². The number of piperidine rings is 1. The van der Waals surface area contributed by atoms with Crippen molar-refractivity contribution < 1.29 is 17.9 Å². The highest BCUT2D eigenvalue weighted by atomic mass is 32.2. The molecule has 27 heavy (non-hydrogen) atoms. The molecule has 0 N–H and O–H groups in total. The lowest BCUT2D eigenvalue weighted by molar-refractivity contribution is -0.149. The van der Waals surface area contributed by atoms with Crippen LogP contribution in [0, 0.1) is 5.92 Å². The van der Waals surface area contributed by atoms with Crippen LogP contribution in [0.4, 0.5) is 0 Å². The highest BCUT2D eigenvalue weighted by Crippen LogP contribution is 2.31. The van der Waals surface area contributed by atoms with Gasteiger partial charge < -0.3 is 9.64 Å². The molecule has 0 aliphatic carbocycles. The van der Waals surface area contributed by atoms with Crippen LogP contribution in [-0.2, 0) is 19.7 Å². The summed E-state index contributed by atoms with van der Waals surface area (Å²) in [6, 6.07) is 9.54. The molecule has 2 aliphatic rings. The van der Waals surface area contributed by atoms with E-state index in [-0.39, 0.29) is 24.5 Å². The van der Waals surface area contributed by atoms with Gasteiger partial charge >= 0.3 is 5.97 Å². The predicted octanol–water partition coefficient (Wildman–Crippen LogP) is 1.50. The summed E-state index contributed by atoms with van der Waals surface area (Å²) in [4.78, 5) is 14.3. The maximum Gasteiger partial charge on any atom is 0.310 e. The number of likely N-dealkylation sites (N-methyl/N-ethyl adjacent to an activating group) is 1. The molecule has 0 aromatic heterocycles. The maximum absolute atomic E-state index is 13.4. The lowest BCUT2D eigenvalue weighted by atomic mass is 10.0. The van der Waals surface area contributed by atoms with E-state index in [4.69, 9.17) is 4.74 Å². The van der Waals surface area contributed by atoms with Gasteiger partial charge in [0, 0.05) is 32.7 Å². The van der Waals surface area contributed by atoms with Crippen molar-refractivity contribution in [3.63, 3.8) is 0 Å². The second kappa shape index (κ2) is 8.68. The van der Waals surface area contributed by atoms with Gasteiger partial charge in [-0.3, -0.25) is 4.79 Å². The molecule has 0 unspecified atom stereocenters. The molecule has 8 heteroatoms. The molecular formula is C19H29N3O4S. The molecule has 2 heterocycles. The Morgan fingerprint density at radius 2 is 1.89 bits per heavy atom. The number of carbonyl (C=O) groups excluding carboxylic acids is 1. The van der Waals surface area contributed by atoms with Gasteiger partial charge in [0.1, 0.15) is 0 Å². The lowest BCUT2D eigenvalue weighted by Crippen LogP contribution is -2.55. The topological polar surface area (TPSA) is 70.2 Å². The van der Waals surface area contributed by atoms with Crippen LogP contribution in [0.2, 0.25) is 0 Å². The van der Waals surface area contributed by atoms with Crippen LogP contribution < -0.4 is 0 Å². The number of nitrogens with zero attached hydrogens (tertiary/aromatic N) is 3. The molecule has 0 saturated carbocycles. The van der Waals surface area contributed by atoms with Crippen LogP contribution in [0.5, 0.6) is 0 Å². The molecule has 1 aromatic rings. The summed E-state index contributed by atoms with van der Waals surface area (Å²) in [6.07, 6.45) is 1.35. The summed E-state index contributed by atoms with van der Waals surface area (Å²) in [5.41, 5.74) is 0.992. The zero-order valence-corrected chi connectivity index (χ0v) is 16.9. The van der Waals surface area contributed by atoms with Crippen LogP contribution in [0.15, 0.2) is 30.3 Å². The average Bonchev–Trinajstić information content (AvgIpc) is 2.68. The quantitative estimate of drug-likeness (QED) is 0.707. The Hall–Kier alpha value is -1.48. The fourth-order valence-corrected chi connectivity index (χ4v) is 5.73. The minimum Gasteiger partial charge on any atom is -0.466 e. The molecule has 0 radical (unpaired) electrons. The SMILES string of the molecule is CCOC(=O)[C@@H]1CCCN(S(=O)(=O)N2CCN(C)C[C@@H]2c2ccccc2)C1. The minimum absolute atomic E-state index is 0.203. The molecule has 0 bridgehead atoms. The molecule has 2 saturated heterocycles. The number of rotatable bonds is 5. The van der Waals surface area contributed by atoms with E-state index in [1.807, 2.05) is 37.4 Å². The third kappa shape index (κ3) is 4.51. The fourth-order valence-electron chi connectivity index (χ4n) is 3.88. The number of benzene rings is 1. The molecule has 0 spiro atoms. The Morgan fingerprint density at radius 1 is 1.15 bits per heavy atom. The first-order chi connectivity index (χ1) is 12.9. The van der Waals surface area contributed by atoms with Gasteiger partial charge in [0.05, 0.1) is 18.6 Å². The van der Waals surface area contributed by atoms with Crippen molar-refractivity contribution in [2.45, 2.75) is 25.8 Å². The summed E-state index contributed by atoms with van der Waals surface area (Å²) in [5.74, 6) is -0.675. The van der Waals surface area contributed by atoms with E-state index in [1.165, 1.54) is 4.31 Å². The zero-order valence-electron chi connectivity index (χ0n) is 16.1. The van der Waals surface area contributed by atoms with Crippen LogP contribution in [0.25, 0.3) is 0 Å². The molecular weight excluding hydrogens is 366 g/mol. The van der Waals surface area contributed by atoms with Crippen molar-refractivity contribution in [2.75, 3.05) is 46.4 Å². The highest BCUT2D eigenvalue weighted by Gasteiger charge is 2.41. The van der Waals surface area contributed by atoms with E-state index in [0.717, 1.165) is 5.56 Å². The van der Waals surface area contributed by atoms with Gasteiger partial charge in [-0.25, -0.2) is 0 Å². The molecule has 150 valence electrons. The van der Waals surface area contributed by atoms with Crippen LogP contribution >= 0.6 is 0 Å². The Morgan fingerprint density at radius 3 is 2.59 bits per heavy atom. The van der Waals surface area contributed by atoms with E-state index < -0.39 is 10.2 Å². The van der Waals surface area contributed by atoms with E-state index in [2.05, 4.69) is 4.90 Å². The lowest BCUT2D eigenvalue weighted by Gasteiger charge is -2.42. The summed E-state index contributed by atoms with van der Waals surface area (Å²) < 4.78 is 35.1. The Bertz CT molecular complexity index is 741. The highest BCUT2D eigenvalue weighted by molar-refractivity contribution is 7.86. The number of ether oxygens (including phenoxy) is 1. The minimum atomic E-state index is -3.65. The Balaban J connectivity index is 1.82. The molecule has 3 rings (SSSR count). The van der Waals surface area contributed by atoms with Crippen molar-refractivity contribution in [1.29, 1.82) is 0 Å². The summed E-state index contributed by atoms with van der Waals surface area (Å²) >= 11 is 0. The number of carbonyl (C=O) groups is 1. The molecule has 0 amide bonds. The van der Waals surface area contributed by atoms with E-state index in [0.29, 0.717) is 45.6 Å². The molecule has 7 nitrogen and oxygen atoms in total. The van der Waals surface area contributed by atoms with Crippen molar-refractivity contribution in [1.82, 2.24) is 13.5 Å². The third-order valence-electron chi connectivity index (χ3n) is 5.35. The first-order valence-corrected chi connectivity index (χ1v) is 11.0. The van der Waals surface area contributed by atoms with Crippen LogP contribution in [0.3, 0.4) is 0 Å². The monoisotopic (exact) mass is 395 g/mol. The second-order valence-electron chi connectivity index (χ2n) is 7.26. The summed E-state index contributed by atoms with van der Waals surface area (Å²) in [6.45, 7) is 4.52.